The predicted octanol–water partition coefficient (Wildman–Crippen LogP) is 2.14. The Kier molecular flexibility index (Phi) is 5.15. The zero-order valence-corrected chi connectivity index (χ0v) is 12.6. The third-order valence-electron chi connectivity index (χ3n) is 2.93. The predicted molar refractivity (Wildman–Crippen MR) is 77.4 cm³/mol. The van der Waals surface area contributed by atoms with Crippen LogP contribution in [0, 0.1) is 0 Å². The molecule has 5 nitrogen and oxygen atoms in total. The summed E-state index contributed by atoms with van der Waals surface area (Å²) < 4.78 is 6.08. The molecule has 1 aromatic rings. The summed E-state index contributed by atoms with van der Waals surface area (Å²) in [7, 11) is 0. The number of hydrogen-bond donors (Lipinski definition) is 1. The van der Waals surface area contributed by atoms with E-state index in [4.69, 9.17) is 4.74 Å². The molecule has 0 bridgehead atoms. The van der Waals surface area contributed by atoms with Crippen molar-refractivity contribution in [3.8, 4) is 0 Å². The lowest BCUT2D eigenvalue weighted by atomic mass is 10.2. The zero-order chi connectivity index (χ0) is 13.7. The molecule has 1 N–H and O–H groups in total. The van der Waals surface area contributed by atoms with Crippen LogP contribution in [0.15, 0.2) is 16.7 Å². The summed E-state index contributed by atoms with van der Waals surface area (Å²) in [5.74, 6) is 0.664. The summed E-state index contributed by atoms with van der Waals surface area (Å²) in [5.41, 5.74) is 0.615. The van der Waals surface area contributed by atoms with E-state index in [0.29, 0.717) is 37.7 Å². The Balaban J connectivity index is 2.20. The van der Waals surface area contributed by atoms with Crippen LogP contribution in [-0.2, 0) is 4.74 Å². The molecule has 0 aliphatic carbocycles. The monoisotopic (exact) mass is 327 g/mol. The van der Waals surface area contributed by atoms with Gasteiger partial charge >= 0.3 is 0 Å². The van der Waals surface area contributed by atoms with Crippen molar-refractivity contribution in [2.45, 2.75) is 13.3 Å². The van der Waals surface area contributed by atoms with Gasteiger partial charge in [0, 0.05) is 30.3 Å². The van der Waals surface area contributed by atoms with Gasteiger partial charge in [-0.05, 0) is 28.4 Å². The quantitative estimate of drug-likeness (QED) is 0.920. The minimum atomic E-state index is 0.00991. The summed E-state index contributed by atoms with van der Waals surface area (Å²) in [6.45, 7) is 5.36. The van der Waals surface area contributed by atoms with Gasteiger partial charge < -0.3 is 15.0 Å². The second-order valence-electron chi connectivity index (χ2n) is 4.38. The number of nitrogens with zero attached hydrogens (tertiary/aromatic N) is 2. The van der Waals surface area contributed by atoms with E-state index in [1.807, 2.05) is 11.0 Å². The smallest absolute Gasteiger partial charge is 0.257 e. The van der Waals surface area contributed by atoms with Crippen LogP contribution >= 0.6 is 15.9 Å². The maximum atomic E-state index is 12.5. The molecule has 0 unspecified atom stereocenters. The molecule has 1 amide bonds. The average molecular weight is 328 g/mol. The highest BCUT2D eigenvalue weighted by Gasteiger charge is 2.22. The highest BCUT2D eigenvalue weighted by molar-refractivity contribution is 9.10. The number of carbonyl (C=O) groups is 1. The van der Waals surface area contributed by atoms with Crippen LogP contribution in [0.25, 0.3) is 0 Å². The fourth-order valence-corrected chi connectivity index (χ4v) is 2.25. The summed E-state index contributed by atoms with van der Waals surface area (Å²) in [6, 6.07) is 1.82. The van der Waals surface area contributed by atoms with Crippen molar-refractivity contribution < 1.29 is 9.53 Å². The summed E-state index contributed by atoms with van der Waals surface area (Å²) in [6.07, 6.45) is 2.69. The number of halogens is 1. The minimum Gasteiger partial charge on any atom is -0.378 e. The molecule has 0 radical (unpaired) electrons. The standard InChI is InChI=1S/C13H18BrN3O2/c1-2-3-15-12-11(8-10(14)9-16-12)13(18)17-4-6-19-7-5-17/h8-9H,2-7H2,1H3,(H,15,16). The van der Waals surface area contributed by atoms with E-state index in [0.717, 1.165) is 17.4 Å². The summed E-state index contributed by atoms with van der Waals surface area (Å²) >= 11 is 3.37. The lowest BCUT2D eigenvalue weighted by molar-refractivity contribution is 0.0303. The number of morpholine rings is 1. The lowest BCUT2D eigenvalue weighted by Gasteiger charge is -2.27. The number of amides is 1. The van der Waals surface area contributed by atoms with E-state index in [2.05, 4.69) is 33.2 Å². The minimum absolute atomic E-state index is 0.00991. The topological polar surface area (TPSA) is 54.5 Å². The largest absolute Gasteiger partial charge is 0.378 e. The Morgan fingerprint density at radius 1 is 1.53 bits per heavy atom. The van der Waals surface area contributed by atoms with Gasteiger partial charge in [0.2, 0.25) is 0 Å². The second-order valence-corrected chi connectivity index (χ2v) is 5.30. The molecule has 1 aromatic heterocycles. The van der Waals surface area contributed by atoms with Crippen molar-refractivity contribution in [3.63, 3.8) is 0 Å². The third-order valence-corrected chi connectivity index (χ3v) is 3.36. The normalized spacial score (nSPS) is 15.4. The highest BCUT2D eigenvalue weighted by Crippen LogP contribution is 2.20. The number of ether oxygens (including phenoxy) is 1. The van der Waals surface area contributed by atoms with Crippen molar-refractivity contribution in [2.75, 3.05) is 38.2 Å². The number of hydrogen-bond acceptors (Lipinski definition) is 4. The Labute approximate surface area is 121 Å². The summed E-state index contributed by atoms with van der Waals surface area (Å²) in [4.78, 5) is 18.6. The van der Waals surface area contributed by atoms with Crippen LogP contribution in [-0.4, -0.2) is 48.6 Å². The Hall–Kier alpha value is -1.14. The molecule has 2 heterocycles. The van der Waals surface area contributed by atoms with Gasteiger partial charge in [-0.3, -0.25) is 4.79 Å². The molecule has 1 aliphatic heterocycles. The van der Waals surface area contributed by atoms with Crippen LogP contribution in [0.3, 0.4) is 0 Å². The molecule has 0 aromatic carbocycles. The van der Waals surface area contributed by atoms with Gasteiger partial charge in [-0.15, -0.1) is 0 Å². The van der Waals surface area contributed by atoms with Gasteiger partial charge in [-0.25, -0.2) is 4.98 Å². The SMILES string of the molecule is CCCNc1ncc(Br)cc1C(=O)N1CCOCC1. The third kappa shape index (κ3) is 3.67. The molecule has 1 fully saturated rings. The number of aromatic nitrogens is 1. The van der Waals surface area contributed by atoms with Crippen molar-refractivity contribution in [1.82, 2.24) is 9.88 Å². The maximum Gasteiger partial charge on any atom is 0.257 e. The second kappa shape index (κ2) is 6.86. The fraction of sp³-hybridized carbons (Fsp3) is 0.538. The van der Waals surface area contributed by atoms with Crippen molar-refractivity contribution in [1.29, 1.82) is 0 Å². The molecule has 0 spiro atoms. The Morgan fingerprint density at radius 2 is 2.26 bits per heavy atom. The summed E-state index contributed by atoms with van der Waals surface area (Å²) in [5, 5.41) is 3.20. The molecule has 0 saturated carbocycles. The molecular weight excluding hydrogens is 310 g/mol. The van der Waals surface area contributed by atoms with Crippen molar-refractivity contribution in [3.05, 3.63) is 22.3 Å². The number of pyridine rings is 1. The van der Waals surface area contributed by atoms with E-state index in [-0.39, 0.29) is 5.91 Å². The molecule has 2 rings (SSSR count). The molecule has 19 heavy (non-hydrogen) atoms. The number of nitrogens with one attached hydrogen (secondary N) is 1. The van der Waals surface area contributed by atoms with E-state index in [1.54, 1.807) is 6.20 Å². The van der Waals surface area contributed by atoms with Crippen LogP contribution in [0.4, 0.5) is 5.82 Å². The number of carbonyl (C=O) groups excluding carboxylic acids is 1. The molecule has 1 saturated heterocycles. The Bertz CT molecular complexity index is 448. The lowest BCUT2D eigenvalue weighted by Crippen LogP contribution is -2.41. The highest BCUT2D eigenvalue weighted by atomic mass is 79.9. The number of anilines is 1. The van der Waals surface area contributed by atoms with Crippen LogP contribution < -0.4 is 5.32 Å². The van der Waals surface area contributed by atoms with E-state index >= 15 is 0 Å². The molecule has 0 atom stereocenters. The first kappa shape index (κ1) is 14.3. The number of rotatable bonds is 4. The van der Waals surface area contributed by atoms with E-state index in [9.17, 15) is 4.79 Å². The van der Waals surface area contributed by atoms with Crippen LogP contribution in [0.5, 0.6) is 0 Å². The molecule has 104 valence electrons. The van der Waals surface area contributed by atoms with Gasteiger partial charge in [-0.2, -0.15) is 0 Å². The fourth-order valence-electron chi connectivity index (χ4n) is 1.92. The first-order chi connectivity index (χ1) is 9.22. The van der Waals surface area contributed by atoms with E-state index in [1.165, 1.54) is 0 Å². The molecular formula is C13H18BrN3O2. The Morgan fingerprint density at radius 3 is 2.95 bits per heavy atom. The van der Waals surface area contributed by atoms with Gasteiger partial charge in [0.05, 0.1) is 18.8 Å². The molecule has 6 heteroatoms. The van der Waals surface area contributed by atoms with Crippen LogP contribution in [0.1, 0.15) is 23.7 Å². The first-order valence-corrected chi connectivity index (χ1v) is 7.28. The molecule has 1 aliphatic rings. The van der Waals surface area contributed by atoms with Gasteiger partial charge in [-0.1, -0.05) is 6.92 Å². The van der Waals surface area contributed by atoms with Crippen molar-refractivity contribution in [2.24, 2.45) is 0 Å². The van der Waals surface area contributed by atoms with Gasteiger partial charge in [0.1, 0.15) is 5.82 Å². The first-order valence-electron chi connectivity index (χ1n) is 6.49. The van der Waals surface area contributed by atoms with Gasteiger partial charge in [0.25, 0.3) is 5.91 Å². The van der Waals surface area contributed by atoms with Crippen LogP contribution in [0.2, 0.25) is 0 Å². The van der Waals surface area contributed by atoms with Crippen molar-refractivity contribution >= 4 is 27.7 Å². The average Bonchev–Trinajstić information content (AvgIpc) is 2.46. The maximum absolute atomic E-state index is 12.5. The zero-order valence-electron chi connectivity index (χ0n) is 11.0. The van der Waals surface area contributed by atoms with E-state index < -0.39 is 0 Å². The van der Waals surface area contributed by atoms with Gasteiger partial charge in [0.15, 0.2) is 0 Å².